The first kappa shape index (κ1) is 10.4. The molecule has 1 aliphatic carbocycles. The highest BCUT2D eigenvalue weighted by atomic mass is 16.1. The summed E-state index contributed by atoms with van der Waals surface area (Å²) >= 11 is 0. The van der Waals surface area contributed by atoms with Gasteiger partial charge in [0.05, 0.1) is 0 Å². The molecule has 2 nitrogen and oxygen atoms in total. The molecule has 1 aromatic rings. The molecule has 0 saturated heterocycles. The van der Waals surface area contributed by atoms with E-state index in [0.717, 1.165) is 5.57 Å². The highest BCUT2D eigenvalue weighted by Crippen LogP contribution is 2.15. The lowest BCUT2D eigenvalue weighted by atomic mass is 10.0. The fraction of sp³-hybridized carbons (Fsp3) is 0.0714. The van der Waals surface area contributed by atoms with Gasteiger partial charge in [-0.25, -0.2) is 0 Å². The van der Waals surface area contributed by atoms with Crippen LogP contribution >= 0.6 is 0 Å². The van der Waals surface area contributed by atoms with Crippen molar-refractivity contribution in [2.75, 3.05) is 5.73 Å². The summed E-state index contributed by atoms with van der Waals surface area (Å²) < 4.78 is 0. The Morgan fingerprint density at radius 2 is 1.81 bits per heavy atom. The third kappa shape index (κ3) is 2.28. The molecular formula is C14H13NO. The van der Waals surface area contributed by atoms with E-state index in [9.17, 15) is 4.79 Å². The lowest BCUT2D eigenvalue weighted by Gasteiger charge is -2.03. The average Bonchev–Trinajstić information content (AvgIpc) is 2.57. The van der Waals surface area contributed by atoms with E-state index < -0.39 is 0 Å². The topological polar surface area (TPSA) is 43.1 Å². The van der Waals surface area contributed by atoms with Gasteiger partial charge in [-0.1, -0.05) is 30.4 Å². The van der Waals surface area contributed by atoms with E-state index in [2.05, 4.69) is 0 Å². The number of Topliss-reactive ketones (excluding diaryl/α,β-unsaturated/α-hetero) is 1. The highest BCUT2D eigenvalue weighted by molar-refractivity contribution is 6.09. The third-order valence-electron chi connectivity index (χ3n) is 2.46. The molecule has 0 saturated carbocycles. The van der Waals surface area contributed by atoms with E-state index in [0.29, 0.717) is 17.7 Å². The minimum absolute atomic E-state index is 0.0659. The first-order valence-electron chi connectivity index (χ1n) is 5.20. The molecule has 1 aromatic carbocycles. The minimum Gasteiger partial charge on any atom is -0.399 e. The second kappa shape index (κ2) is 4.62. The molecule has 0 atom stereocenters. The maximum atomic E-state index is 12.1. The number of carbonyl (C=O) groups is 1. The molecule has 0 fully saturated rings. The van der Waals surface area contributed by atoms with Gasteiger partial charge in [-0.3, -0.25) is 4.79 Å². The van der Waals surface area contributed by atoms with Crippen LogP contribution in [-0.4, -0.2) is 5.78 Å². The number of ketones is 1. The number of carbonyl (C=O) groups excluding carboxylic acids is 1. The zero-order valence-electron chi connectivity index (χ0n) is 8.89. The average molecular weight is 211 g/mol. The number of allylic oxidation sites excluding steroid dienone is 6. The van der Waals surface area contributed by atoms with E-state index in [1.807, 2.05) is 30.4 Å². The molecule has 0 aromatic heterocycles. The van der Waals surface area contributed by atoms with Crippen LogP contribution in [0.1, 0.15) is 16.8 Å². The van der Waals surface area contributed by atoms with Gasteiger partial charge < -0.3 is 5.73 Å². The van der Waals surface area contributed by atoms with E-state index in [1.165, 1.54) is 0 Å². The molecule has 1 aliphatic rings. The lowest BCUT2D eigenvalue weighted by Crippen LogP contribution is -2.02. The predicted molar refractivity (Wildman–Crippen MR) is 66.2 cm³/mol. The van der Waals surface area contributed by atoms with Crippen molar-refractivity contribution in [3.8, 4) is 0 Å². The molecule has 0 aliphatic heterocycles. The largest absolute Gasteiger partial charge is 0.399 e. The Balaban J connectivity index is 2.25. The number of hydrogen-bond donors (Lipinski definition) is 1. The van der Waals surface area contributed by atoms with Crippen LogP contribution in [0.5, 0.6) is 0 Å². The third-order valence-corrected chi connectivity index (χ3v) is 2.46. The van der Waals surface area contributed by atoms with Gasteiger partial charge >= 0.3 is 0 Å². The van der Waals surface area contributed by atoms with Gasteiger partial charge in [0.1, 0.15) is 0 Å². The molecule has 80 valence electrons. The molecule has 0 heterocycles. The fourth-order valence-corrected chi connectivity index (χ4v) is 1.57. The van der Waals surface area contributed by atoms with Crippen molar-refractivity contribution < 1.29 is 4.79 Å². The van der Waals surface area contributed by atoms with E-state index in [-0.39, 0.29) is 5.78 Å². The smallest absolute Gasteiger partial charge is 0.189 e. The molecule has 2 heteroatoms. The Labute approximate surface area is 94.8 Å². The maximum absolute atomic E-state index is 12.1. The first-order valence-corrected chi connectivity index (χ1v) is 5.20. The van der Waals surface area contributed by atoms with Crippen molar-refractivity contribution in [2.45, 2.75) is 6.42 Å². The van der Waals surface area contributed by atoms with Crippen molar-refractivity contribution in [1.29, 1.82) is 0 Å². The molecule has 0 radical (unpaired) electrons. The van der Waals surface area contributed by atoms with Gasteiger partial charge in [0.25, 0.3) is 0 Å². The molecule has 0 bridgehead atoms. The Morgan fingerprint density at radius 3 is 2.56 bits per heavy atom. The molecule has 2 N–H and O–H groups in total. The second-order valence-electron chi connectivity index (χ2n) is 3.66. The van der Waals surface area contributed by atoms with Crippen LogP contribution < -0.4 is 5.73 Å². The molecule has 0 amide bonds. The van der Waals surface area contributed by atoms with Crippen LogP contribution in [0.2, 0.25) is 0 Å². The summed E-state index contributed by atoms with van der Waals surface area (Å²) in [5, 5.41) is 0. The van der Waals surface area contributed by atoms with Gasteiger partial charge in [-0.05, 0) is 30.7 Å². The van der Waals surface area contributed by atoms with E-state index in [4.69, 9.17) is 5.73 Å². The Kier molecular flexibility index (Phi) is 3.01. The monoisotopic (exact) mass is 211 g/mol. The predicted octanol–water partition coefficient (Wildman–Crippen LogP) is 2.89. The summed E-state index contributed by atoms with van der Waals surface area (Å²) in [6, 6.07) is 7.01. The summed E-state index contributed by atoms with van der Waals surface area (Å²) in [5.74, 6) is 0.0659. The van der Waals surface area contributed by atoms with Crippen LogP contribution in [-0.2, 0) is 0 Å². The van der Waals surface area contributed by atoms with Crippen molar-refractivity contribution in [1.82, 2.24) is 0 Å². The van der Waals surface area contributed by atoms with Gasteiger partial charge in [0, 0.05) is 16.8 Å². The molecule has 2 rings (SSSR count). The van der Waals surface area contributed by atoms with Crippen molar-refractivity contribution in [3.05, 3.63) is 65.8 Å². The standard InChI is InChI=1S/C14H13NO/c15-13-9-7-12(8-10-13)14(16)11-5-3-1-2-4-6-11/h1-5,7-10H,6,15H2. The Morgan fingerprint density at radius 1 is 1.06 bits per heavy atom. The number of anilines is 1. The number of rotatable bonds is 2. The van der Waals surface area contributed by atoms with Gasteiger partial charge in [0.2, 0.25) is 0 Å². The molecule has 0 spiro atoms. The lowest BCUT2D eigenvalue weighted by molar-refractivity contribution is 0.103. The fourth-order valence-electron chi connectivity index (χ4n) is 1.57. The molecular weight excluding hydrogens is 198 g/mol. The maximum Gasteiger partial charge on any atom is 0.189 e. The van der Waals surface area contributed by atoms with Crippen LogP contribution in [0, 0.1) is 0 Å². The normalized spacial score (nSPS) is 14.4. The number of nitrogens with two attached hydrogens (primary N) is 1. The van der Waals surface area contributed by atoms with Gasteiger partial charge in [-0.15, -0.1) is 0 Å². The zero-order valence-corrected chi connectivity index (χ0v) is 8.89. The summed E-state index contributed by atoms with van der Waals surface area (Å²) in [4.78, 5) is 12.1. The summed E-state index contributed by atoms with van der Waals surface area (Å²) in [5.41, 5.74) is 7.74. The molecule has 0 unspecified atom stereocenters. The Hall–Kier alpha value is -2.09. The van der Waals surface area contributed by atoms with Crippen LogP contribution in [0.4, 0.5) is 5.69 Å². The summed E-state index contributed by atoms with van der Waals surface area (Å²) in [6.45, 7) is 0. The van der Waals surface area contributed by atoms with Gasteiger partial charge in [-0.2, -0.15) is 0 Å². The number of hydrogen-bond acceptors (Lipinski definition) is 2. The SMILES string of the molecule is Nc1ccc(C(=O)C2=CC=CC=CC2)cc1. The Bertz CT molecular complexity index is 478. The minimum atomic E-state index is 0.0659. The number of benzene rings is 1. The van der Waals surface area contributed by atoms with Crippen LogP contribution in [0.25, 0.3) is 0 Å². The summed E-state index contributed by atoms with van der Waals surface area (Å²) in [7, 11) is 0. The second-order valence-corrected chi connectivity index (χ2v) is 3.66. The van der Waals surface area contributed by atoms with E-state index >= 15 is 0 Å². The number of nitrogen functional groups attached to an aromatic ring is 1. The van der Waals surface area contributed by atoms with E-state index in [1.54, 1.807) is 24.3 Å². The molecule has 16 heavy (non-hydrogen) atoms. The van der Waals surface area contributed by atoms with Gasteiger partial charge in [0.15, 0.2) is 5.78 Å². The van der Waals surface area contributed by atoms with Crippen LogP contribution in [0.15, 0.2) is 60.2 Å². The van der Waals surface area contributed by atoms with Crippen molar-refractivity contribution in [2.24, 2.45) is 0 Å². The zero-order chi connectivity index (χ0) is 11.4. The van der Waals surface area contributed by atoms with Crippen LogP contribution in [0.3, 0.4) is 0 Å². The van der Waals surface area contributed by atoms with Crippen molar-refractivity contribution >= 4 is 11.5 Å². The quantitative estimate of drug-likeness (QED) is 0.603. The summed E-state index contributed by atoms with van der Waals surface area (Å²) in [6.07, 6.45) is 10.3. The van der Waals surface area contributed by atoms with Crippen molar-refractivity contribution in [3.63, 3.8) is 0 Å². The highest BCUT2D eigenvalue weighted by Gasteiger charge is 2.10. The first-order chi connectivity index (χ1) is 7.77.